The van der Waals surface area contributed by atoms with Gasteiger partial charge in [0, 0.05) is 30.8 Å². The zero-order valence-electron chi connectivity index (χ0n) is 18.6. The number of para-hydroxylation sites is 1. The van der Waals surface area contributed by atoms with Gasteiger partial charge in [-0.05, 0) is 99.8 Å². The predicted octanol–water partition coefficient (Wildman–Crippen LogP) is 5.69. The van der Waals surface area contributed by atoms with Gasteiger partial charge in [-0.2, -0.15) is 0 Å². The Morgan fingerprint density at radius 2 is 1.83 bits per heavy atom. The summed E-state index contributed by atoms with van der Waals surface area (Å²) in [5.74, 6) is 2.37. The molecule has 0 spiro atoms. The third-order valence-electron chi connectivity index (χ3n) is 6.56. The summed E-state index contributed by atoms with van der Waals surface area (Å²) < 4.78 is 5.86. The third-order valence-corrected chi connectivity index (χ3v) is 6.93. The summed E-state index contributed by atoms with van der Waals surface area (Å²) in [7, 11) is 2.23. The topological polar surface area (TPSA) is 15.7 Å². The number of hydrogen-bond acceptors (Lipinski definition) is 3. The number of rotatable bonds is 6. The molecule has 2 aliphatic heterocycles. The quantitative estimate of drug-likeness (QED) is 0.590. The maximum absolute atomic E-state index is 6.49. The van der Waals surface area contributed by atoms with Gasteiger partial charge in [0.2, 0.25) is 0 Å². The highest BCUT2D eigenvalue weighted by molar-refractivity contribution is 6.31. The summed E-state index contributed by atoms with van der Waals surface area (Å²) in [6.45, 7) is 8.90. The van der Waals surface area contributed by atoms with Gasteiger partial charge in [-0.15, -0.1) is 0 Å². The highest BCUT2D eigenvalue weighted by Gasteiger charge is 2.26. The predicted molar refractivity (Wildman–Crippen MR) is 127 cm³/mol. The van der Waals surface area contributed by atoms with Crippen LogP contribution in [0, 0.1) is 11.8 Å². The summed E-state index contributed by atoms with van der Waals surface area (Å²) in [5.41, 5.74) is 4.15. The number of anilines is 1. The standard InChI is InChI=1S/C26H35ClN2O/c1-19(2)30-24-8-9-25(27)23(16-24)14-20-10-12-29(13-11-20)18-21-15-22-6-4-5-7-26(22)28(3)17-21/h4-9,16,19-21H,10-15,17-18H2,1-3H3. The summed E-state index contributed by atoms with van der Waals surface area (Å²) >= 11 is 6.49. The molecule has 0 amide bonds. The average molecular weight is 427 g/mol. The number of ether oxygens (including phenoxy) is 1. The molecule has 0 bridgehead atoms. The molecule has 0 saturated carbocycles. The number of piperidine rings is 1. The Morgan fingerprint density at radius 3 is 2.60 bits per heavy atom. The lowest BCUT2D eigenvalue weighted by Gasteiger charge is -2.38. The van der Waals surface area contributed by atoms with Crippen molar-refractivity contribution >= 4 is 17.3 Å². The molecule has 0 N–H and O–H groups in total. The molecule has 1 unspecified atom stereocenters. The van der Waals surface area contributed by atoms with Crippen molar-refractivity contribution in [3.05, 3.63) is 58.6 Å². The Morgan fingerprint density at radius 1 is 1.07 bits per heavy atom. The van der Waals surface area contributed by atoms with Crippen molar-refractivity contribution in [3.63, 3.8) is 0 Å². The molecular weight excluding hydrogens is 392 g/mol. The number of fused-ring (bicyclic) bond motifs is 1. The Balaban J connectivity index is 1.29. The van der Waals surface area contributed by atoms with E-state index < -0.39 is 0 Å². The first kappa shape index (κ1) is 21.5. The molecule has 1 atom stereocenters. The van der Waals surface area contributed by atoms with Gasteiger partial charge >= 0.3 is 0 Å². The second-order valence-corrected chi connectivity index (χ2v) is 9.85. The van der Waals surface area contributed by atoms with E-state index in [4.69, 9.17) is 16.3 Å². The first-order chi connectivity index (χ1) is 14.5. The molecular formula is C26H35ClN2O. The van der Waals surface area contributed by atoms with Crippen LogP contribution in [0.1, 0.15) is 37.8 Å². The largest absolute Gasteiger partial charge is 0.491 e. The maximum Gasteiger partial charge on any atom is 0.120 e. The molecule has 162 valence electrons. The van der Waals surface area contributed by atoms with Crippen LogP contribution in [0.25, 0.3) is 0 Å². The van der Waals surface area contributed by atoms with Crippen LogP contribution in [-0.2, 0) is 12.8 Å². The third kappa shape index (κ3) is 5.31. The Kier molecular flexibility index (Phi) is 6.90. The minimum atomic E-state index is 0.188. The molecule has 2 aromatic carbocycles. The van der Waals surface area contributed by atoms with E-state index in [2.05, 4.69) is 61.0 Å². The normalized spacial score (nSPS) is 20.4. The SMILES string of the molecule is CC(C)Oc1ccc(Cl)c(CC2CCN(CC3Cc4ccccc4N(C)C3)CC2)c1. The smallest absolute Gasteiger partial charge is 0.120 e. The second-order valence-electron chi connectivity index (χ2n) is 9.45. The molecule has 1 fully saturated rings. The molecule has 2 aliphatic rings. The van der Waals surface area contributed by atoms with Crippen molar-refractivity contribution in [1.82, 2.24) is 4.90 Å². The number of benzene rings is 2. The summed E-state index contributed by atoms with van der Waals surface area (Å²) in [5, 5.41) is 0.873. The molecule has 2 heterocycles. The van der Waals surface area contributed by atoms with E-state index in [1.807, 2.05) is 12.1 Å². The van der Waals surface area contributed by atoms with Crippen LogP contribution in [0.5, 0.6) is 5.75 Å². The molecule has 0 aliphatic carbocycles. The van der Waals surface area contributed by atoms with Crippen molar-refractivity contribution in [2.75, 3.05) is 38.1 Å². The highest BCUT2D eigenvalue weighted by atomic mass is 35.5. The van der Waals surface area contributed by atoms with Crippen molar-refractivity contribution in [2.24, 2.45) is 11.8 Å². The monoisotopic (exact) mass is 426 g/mol. The van der Waals surface area contributed by atoms with Crippen LogP contribution in [-0.4, -0.2) is 44.2 Å². The van der Waals surface area contributed by atoms with Crippen LogP contribution in [0.15, 0.2) is 42.5 Å². The highest BCUT2D eigenvalue weighted by Crippen LogP contribution is 2.31. The van der Waals surface area contributed by atoms with Gasteiger partial charge in [0.05, 0.1) is 6.10 Å². The number of hydrogen-bond donors (Lipinski definition) is 0. The van der Waals surface area contributed by atoms with Gasteiger partial charge in [-0.25, -0.2) is 0 Å². The minimum absolute atomic E-state index is 0.188. The fourth-order valence-corrected chi connectivity index (χ4v) is 5.34. The number of nitrogens with zero attached hydrogens (tertiary/aromatic N) is 2. The first-order valence-electron chi connectivity index (χ1n) is 11.4. The van der Waals surface area contributed by atoms with Crippen LogP contribution in [0.3, 0.4) is 0 Å². The van der Waals surface area contributed by atoms with Gasteiger partial charge in [0.15, 0.2) is 0 Å². The van der Waals surface area contributed by atoms with Gasteiger partial charge in [-0.1, -0.05) is 29.8 Å². The molecule has 2 aromatic rings. The van der Waals surface area contributed by atoms with Crippen LogP contribution in [0.4, 0.5) is 5.69 Å². The minimum Gasteiger partial charge on any atom is -0.491 e. The van der Waals surface area contributed by atoms with Gasteiger partial charge in [0.25, 0.3) is 0 Å². The van der Waals surface area contributed by atoms with Gasteiger partial charge in [0.1, 0.15) is 5.75 Å². The molecule has 30 heavy (non-hydrogen) atoms. The summed E-state index contributed by atoms with van der Waals surface area (Å²) in [6.07, 6.45) is 4.96. The average Bonchev–Trinajstić information content (AvgIpc) is 2.72. The van der Waals surface area contributed by atoms with Crippen molar-refractivity contribution in [2.45, 2.75) is 45.6 Å². The Hall–Kier alpha value is -1.71. The lowest BCUT2D eigenvalue weighted by Crippen LogP contribution is -2.42. The van der Waals surface area contributed by atoms with Crippen LogP contribution < -0.4 is 9.64 Å². The van der Waals surface area contributed by atoms with E-state index in [-0.39, 0.29) is 6.10 Å². The molecule has 1 saturated heterocycles. The van der Waals surface area contributed by atoms with E-state index >= 15 is 0 Å². The summed E-state index contributed by atoms with van der Waals surface area (Å²) in [4.78, 5) is 5.12. The zero-order chi connectivity index (χ0) is 21.1. The van der Waals surface area contributed by atoms with E-state index in [0.717, 1.165) is 29.7 Å². The fraction of sp³-hybridized carbons (Fsp3) is 0.538. The van der Waals surface area contributed by atoms with E-state index in [1.165, 1.54) is 55.7 Å². The van der Waals surface area contributed by atoms with E-state index in [9.17, 15) is 0 Å². The van der Waals surface area contributed by atoms with Crippen molar-refractivity contribution in [3.8, 4) is 5.75 Å². The molecule has 4 heteroatoms. The van der Waals surface area contributed by atoms with Crippen molar-refractivity contribution in [1.29, 1.82) is 0 Å². The molecule has 0 radical (unpaired) electrons. The zero-order valence-corrected chi connectivity index (χ0v) is 19.4. The van der Waals surface area contributed by atoms with Gasteiger partial charge in [-0.3, -0.25) is 0 Å². The Labute approximate surface area is 187 Å². The van der Waals surface area contributed by atoms with Gasteiger partial charge < -0.3 is 14.5 Å². The van der Waals surface area contributed by atoms with Crippen LogP contribution in [0.2, 0.25) is 5.02 Å². The number of halogens is 1. The summed E-state index contributed by atoms with van der Waals surface area (Å²) in [6, 6.07) is 15.0. The molecule has 0 aromatic heterocycles. The van der Waals surface area contributed by atoms with Crippen molar-refractivity contribution < 1.29 is 4.74 Å². The molecule has 3 nitrogen and oxygen atoms in total. The lowest BCUT2D eigenvalue weighted by molar-refractivity contribution is 0.159. The van der Waals surface area contributed by atoms with Crippen LogP contribution >= 0.6 is 11.6 Å². The number of likely N-dealkylation sites (tertiary alicyclic amines) is 1. The van der Waals surface area contributed by atoms with E-state index in [0.29, 0.717) is 5.92 Å². The van der Waals surface area contributed by atoms with E-state index in [1.54, 1.807) is 0 Å². The fourth-order valence-electron chi connectivity index (χ4n) is 5.14. The molecule has 4 rings (SSSR count). The second kappa shape index (κ2) is 9.62. The maximum atomic E-state index is 6.49. The first-order valence-corrected chi connectivity index (χ1v) is 11.8. The Bertz CT molecular complexity index is 845. The lowest BCUT2D eigenvalue weighted by atomic mass is 9.88.